The van der Waals surface area contributed by atoms with Gasteiger partial charge in [0, 0.05) is 12.7 Å². The summed E-state index contributed by atoms with van der Waals surface area (Å²) in [7, 11) is 1.55. The predicted molar refractivity (Wildman–Crippen MR) is 125 cm³/mol. The fraction of sp³-hybridized carbons (Fsp3) is 0.231. The lowest BCUT2D eigenvalue weighted by Crippen LogP contribution is -2.50. The molecule has 0 aliphatic carbocycles. The number of benzene rings is 3. The zero-order valence-corrected chi connectivity index (χ0v) is 18.1. The molecule has 2 N–H and O–H groups in total. The number of carbonyl (C=O) groups is 2. The highest BCUT2D eigenvalue weighted by Crippen LogP contribution is 2.29. The van der Waals surface area contributed by atoms with E-state index in [1.807, 2.05) is 78.9 Å². The molecule has 0 aromatic heterocycles. The Kier molecular flexibility index (Phi) is 6.70. The van der Waals surface area contributed by atoms with E-state index in [0.717, 1.165) is 34.5 Å². The highest BCUT2D eigenvalue weighted by atomic mass is 16.5. The van der Waals surface area contributed by atoms with E-state index in [0.29, 0.717) is 19.6 Å². The highest BCUT2D eigenvalue weighted by molar-refractivity contribution is 6.00. The largest absolute Gasteiger partial charge is 0.489 e. The van der Waals surface area contributed by atoms with Gasteiger partial charge in [-0.1, -0.05) is 60.7 Å². The number of ether oxygens (including phenoxy) is 1. The lowest BCUT2D eigenvalue weighted by molar-refractivity contribution is -0.120. The number of anilines is 1. The van der Waals surface area contributed by atoms with Gasteiger partial charge in [0.05, 0.1) is 6.54 Å². The third-order valence-corrected chi connectivity index (χ3v) is 5.59. The molecule has 0 saturated heterocycles. The van der Waals surface area contributed by atoms with E-state index in [1.54, 1.807) is 11.9 Å². The maximum Gasteiger partial charge on any atom is 0.315 e. The molecule has 164 valence electrons. The molecule has 6 heteroatoms. The van der Waals surface area contributed by atoms with Gasteiger partial charge in [0.15, 0.2) is 0 Å². The molecule has 0 fully saturated rings. The van der Waals surface area contributed by atoms with Crippen molar-refractivity contribution < 1.29 is 14.3 Å². The van der Waals surface area contributed by atoms with Crippen LogP contribution in [0.5, 0.6) is 5.75 Å². The molecule has 3 aromatic rings. The average Bonchev–Trinajstić information content (AvgIpc) is 2.96. The fourth-order valence-electron chi connectivity index (χ4n) is 3.86. The second-order valence-electron chi connectivity index (χ2n) is 7.79. The van der Waals surface area contributed by atoms with Gasteiger partial charge in [-0.3, -0.25) is 4.79 Å². The van der Waals surface area contributed by atoms with Crippen molar-refractivity contribution in [1.82, 2.24) is 10.6 Å². The standard InChI is InChI=1S/C26H27N3O3/c1-27-26(31)28-23-16-13-21-9-5-6-10-24(21)29(25(23)30)17-19-11-14-22(15-12-19)32-18-20-7-3-2-4-8-20/h2-12,14-15,23H,13,16-18H2,1H3,(H2,27,28,31). The van der Waals surface area contributed by atoms with E-state index < -0.39 is 6.04 Å². The van der Waals surface area contributed by atoms with Crippen LogP contribution in [0.15, 0.2) is 78.9 Å². The summed E-state index contributed by atoms with van der Waals surface area (Å²) in [4.78, 5) is 27.0. The van der Waals surface area contributed by atoms with Gasteiger partial charge in [-0.05, 0) is 47.7 Å². The topological polar surface area (TPSA) is 70.7 Å². The molecular weight excluding hydrogens is 402 g/mol. The molecule has 1 heterocycles. The average molecular weight is 430 g/mol. The summed E-state index contributed by atoms with van der Waals surface area (Å²) in [5.74, 6) is 0.669. The molecule has 0 spiro atoms. The molecule has 0 radical (unpaired) electrons. The SMILES string of the molecule is CNC(=O)NC1CCc2ccccc2N(Cc2ccc(OCc3ccccc3)cc2)C1=O. The number of nitrogens with zero attached hydrogens (tertiary/aromatic N) is 1. The van der Waals surface area contributed by atoms with Crippen molar-refractivity contribution in [3.05, 3.63) is 95.6 Å². The normalized spacial score (nSPS) is 15.5. The number of rotatable bonds is 6. The van der Waals surface area contributed by atoms with E-state index in [4.69, 9.17) is 4.74 Å². The Hall–Kier alpha value is -3.80. The summed E-state index contributed by atoms with van der Waals surface area (Å²) < 4.78 is 5.87. The zero-order chi connectivity index (χ0) is 22.3. The number of fused-ring (bicyclic) bond motifs is 1. The minimum atomic E-state index is -0.573. The molecule has 6 nitrogen and oxygen atoms in total. The second-order valence-corrected chi connectivity index (χ2v) is 7.79. The first-order valence-corrected chi connectivity index (χ1v) is 10.8. The van der Waals surface area contributed by atoms with Gasteiger partial charge < -0.3 is 20.3 Å². The number of urea groups is 1. The summed E-state index contributed by atoms with van der Waals surface area (Å²) in [6.45, 7) is 0.922. The molecule has 0 bridgehead atoms. The van der Waals surface area contributed by atoms with Crippen LogP contribution in [0.25, 0.3) is 0 Å². The number of amides is 3. The van der Waals surface area contributed by atoms with Crippen molar-refractivity contribution in [3.8, 4) is 5.75 Å². The summed E-state index contributed by atoms with van der Waals surface area (Å²) in [5, 5.41) is 5.32. The minimum Gasteiger partial charge on any atom is -0.489 e. The quantitative estimate of drug-likeness (QED) is 0.621. The summed E-state index contributed by atoms with van der Waals surface area (Å²) in [5.41, 5.74) is 4.09. The van der Waals surface area contributed by atoms with Crippen molar-refractivity contribution in [3.63, 3.8) is 0 Å². The van der Waals surface area contributed by atoms with Crippen LogP contribution in [0.2, 0.25) is 0 Å². The van der Waals surface area contributed by atoms with Crippen molar-refractivity contribution in [2.75, 3.05) is 11.9 Å². The maximum absolute atomic E-state index is 13.3. The van der Waals surface area contributed by atoms with Crippen LogP contribution in [-0.4, -0.2) is 25.0 Å². The minimum absolute atomic E-state index is 0.108. The van der Waals surface area contributed by atoms with Gasteiger partial charge >= 0.3 is 6.03 Å². The Balaban J connectivity index is 1.50. The number of hydrogen-bond acceptors (Lipinski definition) is 3. The van der Waals surface area contributed by atoms with Crippen molar-refractivity contribution in [2.24, 2.45) is 0 Å². The summed E-state index contributed by atoms with van der Waals surface area (Å²) >= 11 is 0. The first-order valence-electron chi connectivity index (χ1n) is 10.8. The van der Waals surface area contributed by atoms with E-state index in [9.17, 15) is 9.59 Å². The van der Waals surface area contributed by atoms with Crippen LogP contribution < -0.4 is 20.3 Å². The molecule has 4 rings (SSSR count). The summed E-state index contributed by atoms with van der Waals surface area (Å²) in [6, 6.07) is 24.8. The summed E-state index contributed by atoms with van der Waals surface area (Å²) in [6.07, 6.45) is 1.28. The van der Waals surface area contributed by atoms with Crippen LogP contribution in [0.3, 0.4) is 0 Å². The Morgan fingerprint density at radius 3 is 2.44 bits per heavy atom. The van der Waals surface area contributed by atoms with Crippen LogP contribution >= 0.6 is 0 Å². The van der Waals surface area contributed by atoms with E-state index in [-0.39, 0.29) is 11.9 Å². The second kappa shape index (κ2) is 10.0. The lowest BCUT2D eigenvalue weighted by Gasteiger charge is -2.26. The third-order valence-electron chi connectivity index (χ3n) is 5.59. The number of aryl methyl sites for hydroxylation is 1. The van der Waals surface area contributed by atoms with Gasteiger partial charge in [0.1, 0.15) is 18.4 Å². The monoisotopic (exact) mass is 429 g/mol. The third kappa shape index (κ3) is 5.09. The zero-order valence-electron chi connectivity index (χ0n) is 18.1. The molecule has 1 aliphatic heterocycles. The number of para-hydroxylation sites is 1. The fourth-order valence-corrected chi connectivity index (χ4v) is 3.86. The van der Waals surface area contributed by atoms with Crippen LogP contribution in [0, 0.1) is 0 Å². The van der Waals surface area contributed by atoms with Gasteiger partial charge in [-0.15, -0.1) is 0 Å². The molecule has 1 atom stereocenters. The predicted octanol–water partition coefficient (Wildman–Crippen LogP) is 4.04. The molecular formula is C26H27N3O3. The molecule has 0 saturated carbocycles. The van der Waals surface area contributed by atoms with E-state index in [2.05, 4.69) is 10.6 Å². The van der Waals surface area contributed by atoms with Crippen LogP contribution in [0.4, 0.5) is 10.5 Å². The van der Waals surface area contributed by atoms with Gasteiger partial charge in [0.2, 0.25) is 5.91 Å². The Morgan fingerprint density at radius 1 is 0.969 bits per heavy atom. The first-order chi connectivity index (χ1) is 15.6. The molecule has 1 unspecified atom stereocenters. The van der Waals surface area contributed by atoms with Gasteiger partial charge in [-0.25, -0.2) is 4.79 Å². The highest BCUT2D eigenvalue weighted by Gasteiger charge is 2.31. The van der Waals surface area contributed by atoms with Gasteiger partial charge in [-0.2, -0.15) is 0 Å². The van der Waals surface area contributed by atoms with E-state index >= 15 is 0 Å². The van der Waals surface area contributed by atoms with Crippen molar-refractivity contribution in [2.45, 2.75) is 32.0 Å². The number of nitrogens with one attached hydrogen (secondary N) is 2. The van der Waals surface area contributed by atoms with Crippen molar-refractivity contribution in [1.29, 1.82) is 0 Å². The smallest absolute Gasteiger partial charge is 0.315 e. The number of carbonyl (C=O) groups excluding carboxylic acids is 2. The van der Waals surface area contributed by atoms with E-state index in [1.165, 1.54) is 0 Å². The Labute approximate surface area is 188 Å². The Morgan fingerprint density at radius 2 is 1.69 bits per heavy atom. The van der Waals surface area contributed by atoms with Crippen LogP contribution in [0.1, 0.15) is 23.1 Å². The molecule has 32 heavy (non-hydrogen) atoms. The first kappa shape index (κ1) is 21.4. The molecule has 3 aromatic carbocycles. The van der Waals surface area contributed by atoms with Gasteiger partial charge in [0.25, 0.3) is 0 Å². The number of hydrogen-bond donors (Lipinski definition) is 2. The van der Waals surface area contributed by atoms with Crippen molar-refractivity contribution >= 4 is 17.6 Å². The molecule has 3 amide bonds. The Bertz CT molecular complexity index is 1070. The maximum atomic E-state index is 13.3. The lowest BCUT2D eigenvalue weighted by atomic mass is 10.1. The van der Waals surface area contributed by atoms with Crippen LogP contribution in [-0.2, 0) is 24.4 Å². The molecule has 1 aliphatic rings.